The summed E-state index contributed by atoms with van der Waals surface area (Å²) in [7, 11) is 0. The summed E-state index contributed by atoms with van der Waals surface area (Å²) in [4.78, 5) is 11.6. The van der Waals surface area contributed by atoms with Gasteiger partial charge in [-0.05, 0) is 25.1 Å². The Kier molecular flexibility index (Phi) is 5.49. The fourth-order valence-corrected chi connectivity index (χ4v) is 3.24. The first-order valence-corrected chi connectivity index (χ1v) is 8.90. The van der Waals surface area contributed by atoms with Gasteiger partial charge in [-0.1, -0.05) is 29.7 Å². The normalized spacial score (nSPS) is 13.1. The Morgan fingerprint density at radius 2 is 2.18 bits per heavy atom. The van der Waals surface area contributed by atoms with Crippen molar-refractivity contribution in [2.75, 3.05) is 0 Å². The van der Waals surface area contributed by atoms with Crippen LogP contribution in [0.5, 0.6) is 0 Å². The summed E-state index contributed by atoms with van der Waals surface area (Å²) < 4.78 is 6.82. The summed E-state index contributed by atoms with van der Waals surface area (Å²) in [6.45, 7) is 3.80. The molecule has 2 heterocycles. The molecule has 3 aromatic rings. The van der Waals surface area contributed by atoms with Crippen LogP contribution in [0.25, 0.3) is 11.3 Å². The topological polar surface area (TPSA) is 131 Å². The van der Waals surface area contributed by atoms with Crippen LogP contribution >= 0.6 is 11.6 Å². The number of benzene rings is 1. The zero-order valence-corrected chi connectivity index (χ0v) is 16.0. The molecule has 1 amide bonds. The Hall–Kier alpha value is -3.15. The summed E-state index contributed by atoms with van der Waals surface area (Å²) in [6, 6.07) is 8.95. The third-order valence-corrected chi connectivity index (χ3v) is 4.66. The fourth-order valence-electron chi connectivity index (χ4n) is 3.02. The molecule has 0 saturated carbocycles. The fraction of sp³-hybridized carbons (Fsp3) is 0.263. The van der Waals surface area contributed by atoms with E-state index in [4.69, 9.17) is 27.1 Å². The molecule has 2 aromatic heterocycles. The van der Waals surface area contributed by atoms with Crippen molar-refractivity contribution >= 4 is 17.5 Å². The molecule has 0 fully saturated rings. The Morgan fingerprint density at radius 3 is 2.79 bits per heavy atom. The lowest BCUT2D eigenvalue weighted by Crippen LogP contribution is -2.17. The second-order valence-electron chi connectivity index (χ2n) is 6.48. The first-order chi connectivity index (χ1) is 13.3. The average molecular weight is 400 g/mol. The standard InChI is InChI=1S/C19H18ClN5O3/c1-10(16-17(19(22)27)24-28-18(16)11(2)26)9-25-6-5-15(23-25)12-3-4-13(8-21)14(20)7-12/h3-7,10-11,26H,9H2,1-2H3,(H2,22,27)/t10-,11?/m1/s1. The Labute approximate surface area is 166 Å². The van der Waals surface area contributed by atoms with Crippen molar-refractivity contribution in [2.24, 2.45) is 5.73 Å². The zero-order valence-electron chi connectivity index (χ0n) is 15.3. The van der Waals surface area contributed by atoms with Crippen molar-refractivity contribution in [3.05, 3.63) is 58.1 Å². The zero-order chi connectivity index (χ0) is 20.4. The van der Waals surface area contributed by atoms with E-state index in [0.29, 0.717) is 28.4 Å². The third kappa shape index (κ3) is 3.76. The molecule has 8 nitrogen and oxygen atoms in total. The highest BCUT2D eigenvalue weighted by Crippen LogP contribution is 2.30. The number of aliphatic hydroxyl groups excluding tert-OH is 1. The molecule has 2 atom stereocenters. The molecule has 3 N–H and O–H groups in total. The number of primary amides is 1. The van der Waals surface area contributed by atoms with Gasteiger partial charge in [-0.15, -0.1) is 0 Å². The largest absolute Gasteiger partial charge is 0.385 e. The molecule has 0 saturated heterocycles. The van der Waals surface area contributed by atoms with E-state index in [2.05, 4.69) is 10.3 Å². The molecule has 0 spiro atoms. The van der Waals surface area contributed by atoms with Crippen LogP contribution < -0.4 is 5.73 Å². The first-order valence-electron chi connectivity index (χ1n) is 8.52. The molecular weight excluding hydrogens is 382 g/mol. The van der Waals surface area contributed by atoms with E-state index in [0.717, 1.165) is 5.56 Å². The van der Waals surface area contributed by atoms with E-state index in [9.17, 15) is 9.90 Å². The number of hydrogen-bond donors (Lipinski definition) is 2. The number of carbonyl (C=O) groups excluding carboxylic acids is 1. The maximum atomic E-state index is 11.6. The van der Waals surface area contributed by atoms with Gasteiger partial charge in [-0.25, -0.2) is 0 Å². The Morgan fingerprint density at radius 1 is 1.43 bits per heavy atom. The summed E-state index contributed by atoms with van der Waals surface area (Å²) >= 11 is 6.09. The maximum Gasteiger partial charge on any atom is 0.271 e. The van der Waals surface area contributed by atoms with E-state index >= 15 is 0 Å². The quantitative estimate of drug-likeness (QED) is 0.654. The minimum atomic E-state index is -0.924. The Balaban J connectivity index is 1.86. The summed E-state index contributed by atoms with van der Waals surface area (Å²) in [6.07, 6.45) is 0.865. The van der Waals surface area contributed by atoms with Crippen molar-refractivity contribution in [1.82, 2.24) is 14.9 Å². The predicted octanol–water partition coefficient (Wildman–Crippen LogP) is 3.02. The number of rotatable bonds is 6. The molecule has 0 aliphatic carbocycles. The van der Waals surface area contributed by atoms with Crippen molar-refractivity contribution in [2.45, 2.75) is 32.4 Å². The predicted molar refractivity (Wildman–Crippen MR) is 101 cm³/mol. The van der Waals surface area contributed by atoms with Crippen LogP contribution in [-0.4, -0.2) is 26.0 Å². The Bertz CT molecular complexity index is 1060. The lowest BCUT2D eigenvalue weighted by molar-refractivity contribution is 0.0989. The highest BCUT2D eigenvalue weighted by molar-refractivity contribution is 6.32. The number of nitriles is 1. The molecule has 0 aliphatic rings. The van der Waals surface area contributed by atoms with Crippen molar-refractivity contribution in [3.63, 3.8) is 0 Å². The second kappa shape index (κ2) is 7.84. The molecule has 144 valence electrons. The molecular formula is C19H18ClN5O3. The van der Waals surface area contributed by atoms with Gasteiger partial charge >= 0.3 is 0 Å². The van der Waals surface area contributed by atoms with Crippen LogP contribution in [0.4, 0.5) is 0 Å². The average Bonchev–Trinajstić information content (AvgIpc) is 3.28. The number of carbonyl (C=O) groups is 1. The summed E-state index contributed by atoms with van der Waals surface area (Å²) in [5.74, 6) is -0.742. The van der Waals surface area contributed by atoms with Gasteiger partial charge in [-0.2, -0.15) is 10.4 Å². The number of nitrogens with two attached hydrogens (primary N) is 1. The van der Waals surface area contributed by atoms with Crippen molar-refractivity contribution in [3.8, 4) is 17.3 Å². The first kappa shape index (κ1) is 19.6. The number of aliphatic hydroxyl groups is 1. The SMILES string of the molecule is CC(O)c1onc(C(N)=O)c1[C@H](C)Cn1ccc(-c2ccc(C#N)c(Cl)c2)n1. The lowest BCUT2D eigenvalue weighted by atomic mass is 9.96. The van der Waals surface area contributed by atoms with Gasteiger partial charge in [-0.3, -0.25) is 9.48 Å². The smallest absolute Gasteiger partial charge is 0.271 e. The van der Waals surface area contributed by atoms with Gasteiger partial charge in [0.25, 0.3) is 5.91 Å². The minimum absolute atomic E-state index is 0.00894. The molecule has 0 radical (unpaired) electrons. The second-order valence-corrected chi connectivity index (χ2v) is 6.89. The molecule has 28 heavy (non-hydrogen) atoms. The highest BCUT2D eigenvalue weighted by Gasteiger charge is 2.27. The van der Waals surface area contributed by atoms with E-state index < -0.39 is 12.0 Å². The number of nitrogens with zero attached hydrogens (tertiary/aromatic N) is 4. The highest BCUT2D eigenvalue weighted by atomic mass is 35.5. The molecule has 0 aliphatic heterocycles. The minimum Gasteiger partial charge on any atom is -0.385 e. The number of aromatic nitrogens is 3. The van der Waals surface area contributed by atoms with Gasteiger partial charge in [0.1, 0.15) is 12.2 Å². The molecule has 9 heteroatoms. The van der Waals surface area contributed by atoms with E-state index in [1.165, 1.54) is 6.92 Å². The van der Waals surface area contributed by atoms with Crippen molar-refractivity contribution < 1.29 is 14.4 Å². The van der Waals surface area contributed by atoms with Crippen LogP contribution in [0, 0.1) is 11.3 Å². The molecule has 1 unspecified atom stereocenters. The van der Waals surface area contributed by atoms with Gasteiger partial charge in [0, 0.05) is 29.8 Å². The van der Waals surface area contributed by atoms with Crippen LogP contribution in [0.15, 0.2) is 35.0 Å². The van der Waals surface area contributed by atoms with Crippen molar-refractivity contribution in [1.29, 1.82) is 5.26 Å². The lowest BCUT2D eigenvalue weighted by Gasteiger charge is -2.13. The third-order valence-electron chi connectivity index (χ3n) is 4.35. The monoisotopic (exact) mass is 399 g/mol. The van der Waals surface area contributed by atoms with Crippen LogP contribution in [0.2, 0.25) is 5.02 Å². The van der Waals surface area contributed by atoms with Crippen LogP contribution in [-0.2, 0) is 6.54 Å². The molecule has 3 rings (SSSR count). The van der Waals surface area contributed by atoms with Crippen LogP contribution in [0.3, 0.4) is 0 Å². The number of halogens is 1. The number of amides is 1. The van der Waals surface area contributed by atoms with Gasteiger partial charge < -0.3 is 15.4 Å². The van der Waals surface area contributed by atoms with Gasteiger partial charge in [0.05, 0.1) is 16.3 Å². The van der Waals surface area contributed by atoms with Crippen LogP contribution in [0.1, 0.15) is 53.2 Å². The summed E-state index contributed by atoms with van der Waals surface area (Å²) in [5.41, 5.74) is 7.73. The summed E-state index contributed by atoms with van der Waals surface area (Å²) in [5, 5.41) is 27.5. The van der Waals surface area contributed by atoms with E-state index in [-0.39, 0.29) is 17.4 Å². The maximum absolute atomic E-state index is 11.6. The van der Waals surface area contributed by atoms with E-state index in [1.807, 2.05) is 19.1 Å². The van der Waals surface area contributed by atoms with E-state index in [1.54, 1.807) is 29.1 Å². The number of hydrogen-bond acceptors (Lipinski definition) is 6. The molecule has 0 bridgehead atoms. The van der Waals surface area contributed by atoms with Gasteiger partial charge in [0.15, 0.2) is 11.5 Å². The molecule has 1 aromatic carbocycles. The van der Waals surface area contributed by atoms with Gasteiger partial charge in [0.2, 0.25) is 0 Å².